The Balaban J connectivity index is 2.09. The summed E-state index contributed by atoms with van der Waals surface area (Å²) >= 11 is 3.52. The van der Waals surface area contributed by atoms with Crippen LogP contribution in [0.3, 0.4) is 0 Å². The third-order valence-electron chi connectivity index (χ3n) is 4.01. The van der Waals surface area contributed by atoms with Gasteiger partial charge in [-0.15, -0.1) is 0 Å². The van der Waals surface area contributed by atoms with Crippen molar-refractivity contribution < 1.29 is 4.79 Å². The summed E-state index contributed by atoms with van der Waals surface area (Å²) in [6, 6.07) is 8.63. The summed E-state index contributed by atoms with van der Waals surface area (Å²) < 4.78 is 3.28. The second kappa shape index (κ2) is 5.10. The van der Waals surface area contributed by atoms with Gasteiger partial charge < -0.3 is 9.47 Å². The number of aldehydes is 1. The van der Waals surface area contributed by atoms with Crippen molar-refractivity contribution in [3.63, 3.8) is 0 Å². The van der Waals surface area contributed by atoms with E-state index in [-0.39, 0.29) is 0 Å². The van der Waals surface area contributed by atoms with E-state index < -0.39 is 0 Å². The zero-order valence-electron chi connectivity index (χ0n) is 11.0. The number of fused-ring (bicyclic) bond motifs is 1. The molecule has 0 radical (unpaired) electrons. The van der Waals surface area contributed by atoms with E-state index in [0.717, 1.165) is 53.3 Å². The first-order chi connectivity index (χ1) is 9.19. The number of halogens is 1. The Hall–Kier alpha value is -1.13. The Morgan fingerprint density at radius 2 is 2.00 bits per heavy atom. The molecule has 0 spiro atoms. The molecule has 1 aliphatic rings. The van der Waals surface area contributed by atoms with Gasteiger partial charge in [0, 0.05) is 21.4 Å². The predicted octanol–water partition coefficient (Wildman–Crippen LogP) is 3.48. The van der Waals surface area contributed by atoms with Gasteiger partial charge in [-0.25, -0.2) is 0 Å². The third kappa shape index (κ3) is 2.35. The first-order valence-electron chi connectivity index (χ1n) is 6.63. The van der Waals surface area contributed by atoms with Crippen molar-refractivity contribution in [2.45, 2.75) is 18.9 Å². The van der Waals surface area contributed by atoms with Crippen molar-refractivity contribution in [2.75, 3.05) is 20.1 Å². The van der Waals surface area contributed by atoms with Crippen LogP contribution in [0.25, 0.3) is 10.9 Å². The third-order valence-corrected chi connectivity index (χ3v) is 4.50. The van der Waals surface area contributed by atoms with Gasteiger partial charge in [0.25, 0.3) is 0 Å². The Morgan fingerprint density at radius 1 is 1.26 bits per heavy atom. The van der Waals surface area contributed by atoms with Crippen LogP contribution in [0.5, 0.6) is 0 Å². The van der Waals surface area contributed by atoms with Gasteiger partial charge in [0.05, 0.1) is 5.69 Å². The van der Waals surface area contributed by atoms with Crippen molar-refractivity contribution in [1.82, 2.24) is 9.47 Å². The second-order valence-electron chi connectivity index (χ2n) is 5.29. The smallest absolute Gasteiger partial charge is 0.166 e. The molecule has 0 bridgehead atoms. The number of rotatable bonds is 2. The van der Waals surface area contributed by atoms with Gasteiger partial charge in [0.2, 0.25) is 0 Å². The molecule has 1 aliphatic heterocycles. The number of carbonyl (C=O) groups excluding carboxylic acids is 1. The molecular weight excluding hydrogens is 304 g/mol. The lowest BCUT2D eigenvalue weighted by atomic mass is 10.0. The monoisotopic (exact) mass is 320 g/mol. The molecule has 0 unspecified atom stereocenters. The summed E-state index contributed by atoms with van der Waals surface area (Å²) in [6.07, 6.45) is 3.19. The molecule has 19 heavy (non-hydrogen) atoms. The summed E-state index contributed by atoms with van der Waals surface area (Å²) in [5, 5.41) is 1.14. The molecule has 1 aromatic carbocycles. The molecule has 0 saturated carbocycles. The van der Waals surface area contributed by atoms with E-state index in [2.05, 4.69) is 44.6 Å². The van der Waals surface area contributed by atoms with Gasteiger partial charge in [0.15, 0.2) is 6.29 Å². The second-order valence-corrected chi connectivity index (χ2v) is 6.21. The molecule has 4 heteroatoms. The molecule has 2 aromatic rings. The van der Waals surface area contributed by atoms with E-state index in [0.29, 0.717) is 6.04 Å². The lowest BCUT2D eigenvalue weighted by Crippen LogP contribution is -2.31. The Labute approximate surface area is 121 Å². The summed E-state index contributed by atoms with van der Waals surface area (Å²) in [5.41, 5.74) is 1.95. The fraction of sp³-hybridized carbons (Fsp3) is 0.400. The number of likely N-dealkylation sites (tertiary alicyclic amines) is 1. The number of aromatic nitrogens is 1. The molecule has 100 valence electrons. The zero-order valence-corrected chi connectivity index (χ0v) is 12.6. The minimum atomic E-state index is 0.434. The minimum Gasteiger partial charge on any atom is -0.335 e. The van der Waals surface area contributed by atoms with Crippen molar-refractivity contribution in [3.8, 4) is 0 Å². The van der Waals surface area contributed by atoms with Gasteiger partial charge in [-0.05, 0) is 51.2 Å². The van der Waals surface area contributed by atoms with Crippen molar-refractivity contribution in [3.05, 3.63) is 34.4 Å². The number of piperidine rings is 1. The van der Waals surface area contributed by atoms with Crippen LogP contribution in [-0.4, -0.2) is 35.9 Å². The molecule has 1 fully saturated rings. The van der Waals surface area contributed by atoms with Crippen molar-refractivity contribution in [2.24, 2.45) is 0 Å². The molecule has 3 rings (SSSR count). The van der Waals surface area contributed by atoms with Gasteiger partial charge in [0.1, 0.15) is 0 Å². The first-order valence-corrected chi connectivity index (χ1v) is 7.42. The minimum absolute atomic E-state index is 0.434. The highest BCUT2D eigenvalue weighted by Gasteiger charge is 2.22. The lowest BCUT2D eigenvalue weighted by Gasteiger charge is -2.31. The number of hydrogen-bond donors (Lipinski definition) is 0. The molecule has 0 N–H and O–H groups in total. The Morgan fingerprint density at radius 3 is 2.68 bits per heavy atom. The normalized spacial score (nSPS) is 18.0. The van der Waals surface area contributed by atoms with Crippen LogP contribution in [0.1, 0.15) is 29.4 Å². The van der Waals surface area contributed by atoms with E-state index in [4.69, 9.17) is 0 Å². The van der Waals surface area contributed by atoms with Crippen LogP contribution < -0.4 is 0 Å². The van der Waals surface area contributed by atoms with Crippen LogP contribution in [0.2, 0.25) is 0 Å². The molecule has 2 heterocycles. The maximum Gasteiger partial charge on any atom is 0.166 e. The fourth-order valence-electron chi connectivity index (χ4n) is 2.97. The summed E-state index contributed by atoms with van der Waals surface area (Å²) in [4.78, 5) is 13.7. The van der Waals surface area contributed by atoms with Crippen LogP contribution in [0.15, 0.2) is 28.7 Å². The molecule has 1 saturated heterocycles. The topological polar surface area (TPSA) is 25.2 Å². The largest absolute Gasteiger partial charge is 0.335 e. The number of nitrogens with zero attached hydrogens (tertiary/aromatic N) is 2. The summed E-state index contributed by atoms with van der Waals surface area (Å²) in [6.45, 7) is 2.19. The average molecular weight is 321 g/mol. The molecule has 1 aromatic heterocycles. The highest BCUT2D eigenvalue weighted by molar-refractivity contribution is 9.10. The number of carbonyl (C=O) groups is 1. The van der Waals surface area contributed by atoms with Crippen LogP contribution in [0.4, 0.5) is 0 Å². The van der Waals surface area contributed by atoms with Gasteiger partial charge in [-0.3, -0.25) is 4.79 Å². The van der Waals surface area contributed by atoms with Gasteiger partial charge in [-0.2, -0.15) is 0 Å². The number of hydrogen-bond acceptors (Lipinski definition) is 2. The molecule has 3 nitrogen and oxygen atoms in total. The predicted molar refractivity (Wildman–Crippen MR) is 80.8 cm³/mol. The Kier molecular flexibility index (Phi) is 3.46. The first kappa shape index (κ1) is 12.9. The number of benzene rings is 1. The van der Waals surface area contributed by atoms with Crippen LogP contribution in [-0.2, 0) is 0 Å². The molecule has 0 aliphatic carbocycles. The van der Waals surface area contributed by atoms with E-state index in [1.54, 1.807) is 0 Å². The molecule has 0 amide bonds. The van der Waals surface area contributed by atoms with Gasteiger partial charge in [-0.1, -0.05) is 22.0 Å². The van der Waals surface area contributed by atoms with E-state index >= 15 is 0 Å². The summed E-state index contributed by atoms with van der Waals surface area (Å²) in [5.74, 6) is 0. The zero-order chi connectivity index (χ0) is 13.4. The highest BCUT2D eigenvalue weighted by Crippen LogP contribution is 2.31. The van der Waals surface area contributed by atoms with Crippen LogP contribution in [0, 0.1) is 0 Å². The van der Waals surface area contributed by atoms with Crippen molar-refractivity contribution in [1.29, 1.82) is 0 Å². The van der Waals surface area contributed by atoms with Crippen LogP contribution >= 0.6 is 15.9 Å². The van der Waals surface area contributed by atoms with E-state index in [1.807, 2.05) is 12.1 Å². The SMILES string of the molecule is CN1CCC(n2c(C=O)cc3ccc(Br)cc32)CC1. The van der Waals surface area contributed by atoms with Crippen molar-refractivity contribution >= 4 is 33.1 Å². The molecular formula is C15H17BrN2O. The van der Waals surface area contributed by atoms with E-state index in [9.17, 15) is 4.79 Å². The maximum absolute atomic E-state index is 11.3. The lowest BCUT2D eigenvalue weighted by molar-refractivity contribution is 0.111. The Bertz CT molecular complexity index is 612. The van der Waals surface area contributed by atoms with Gasteiger partial charge >= 0.3 is 0 Å². The summed E-state index contributed by atoms with van der Waals surface area (Å²) in [7, 11) is 2.15. The quantitative estimate of drug-likeness (QED) is 0.791. The van der Waals surface area contributed by atoms with E-state index in [1.165, 1.54) is 0 Å². The fourth-order valence-corrected chi connectivity index (χ4v) is 3.32. The standard InChI is InChI=1S/C15H17BrN2O/c1-17-6-4-13(5-7-17)18-14(10-19)8-11-2-3-12(16)9-15(11)18/h2-3,8-10,13H,4-7H2,1H3. The average Bonchev–Trinajstić information content (AvgIpc) is 2.77. The highest BCUT2D eigenvalue weighted by atomic mass is 79.9. The molecule has 0 atom stereocenters. The maximum atomic E-state index is 11.3.